The number of ether oxygens (including phenoxy) is 1. The summed E-state index contributed by atoms with van der Waals surface area (Å²) in [4.78, 5) is 24.9. The minimum Gasteiger partial charge on any atom is -0.497 e. The quantitative estimate of drug-likeness (QED) is 0.654. The molecular weight excluding hydrogens is 332 g/mol. The summed E-state index contributed by atoms with van der Waals surface area (Å²) < 4.78 is 7.66. The summed E-state index contributed by atoms with van der Waals surface area (Å²) in [7, 11) is 3.44. The number of Topliss-reactive ketones (excluding diaryl/α,β-unsaturated/α-hetero) is 1. The molecule has 0 aliphatic carbocycles. The molecule has 0 unspecified atom stereocenters. The smallest absolute Gasteiger partial charge is 0.350 e. The maximum atomic E-state index is 12.5. The Morgan fingerprint density at radius 1 is 1.12 bits per heavy atom. The lowest BCUT2D eigenvalue weighted by atomic mass is 10.1. The molecule has 26 heavy (non-hydrogen) atoms. The number of carbonyl (C=O) groups is 1. The van der Waals surface area contributed by atoms with E-state index in [4.69, 9.17) is 4.74 Å². The summed E-state index contributed by atoms with van der Waals surface area (Å²) in [6, 6.07) is 14.4. The van der Waals surface area contributed by atoms with Gasteiger partial charge in [-0.25, -0.2) is 14.0 Å². The molecule has 2 aromatic carbocycles. The third-order valence-electron chi connectivity index (χ3n) is 4.03. The number of ketones is 1. The third-order valence-corrected chi connectivity index (χ3v) is 4.03. The second kappa shape index (κ2) is 7.79. The maximum absolute atomic E-state index is 12.5. The number of hydrogen-bond acceptors (Lipinski definition) is 5. The predicted molar refractivity (Wildman–Crippen MR) is 97.9 cm³/mol. The van der Waals surface area contributed by atoms with E-state index in [-0.39, 0.29) is 18.0 Å². The van der Waals surface area contributed by atoms with Crippen LogP contribution in [-0.2, 0) is 13.1 Å². The first kappa shape index (κ1) is 17.6. The number of carbonyl (C=O) groups excluding carboxylic acids is 1. The van der Waals surface area contributed by atoms with E-state index >= 15 is 0 Å². The minimum atomic E-state index is -0.353. The number of nitrogens with one attached hydrogen (secondary N) is 1. The van der Waals surface area contributed by atoms with Crippen LogP contribution in [0.5, 0.6) is 5.75 Å². The first-order chi connectivity index (χ1) is 12.6. The number of rotatable bonds is 7. The van der Waals surface area contributed by atoms with Crippen LogP contribution in [0.25, 0.3) is 5.69 Å². The highest BCUT2D eigenvalue weighted by atomic mass is 16.5. The van der Waals surface area contributed by atoms with Gasteiger partial charge in [0, 0.05) is 12.1 Å². The minimum absolute atomic E-state index is 0.115. The van der Waals surface area contributed by atoms with Gasteiger partial charge in [-0.2, -0.15) is 5.10 Å². The molecule has 1 N–H and O–H groups in total. The van der Waals surface area contributed by atoms with Gasteiger partial charge < -0.3 is 10.1 Å². The van der Waals surface area contributed by atoms with E-state index in [0.29, 0.717) is 17.0 Å². The SMILES string of the molecule is CNCc1ccc(-n2cnn(CC(=O)c3ccc(OC)cc3)c2=O)cc1. The van der Waals surface area contributed by atoms with E-state index in [1.54, 1.807) is 31.4 Å². The Hall–Kier alpha value is -3.19. The Labute approximate surface area is 150 Å². The molecule has 0 spiro atoms. The molecule has 0 radical (unpaired) electrons. The Bertz CT molecular complexity index is 940. The lowest BCUT2D eigenvalue weighted by Crippen LogP contribution is -2.27. The van der Waals surface area contributed by atoms with Gasteiger partial charge in [-0.3, -0.25) is 4.79 Å². The van der Waals surface area contributed by atoms with Gasteiger partial charge in [0.25, 0.3) is 0 Å². The largest absolute Gasteiger partial charge is 0.497 e. The summed E-state index contributed by atoms with van der Waals surface area (Å²) in [5, 5.41) is 7.13. The molecule has 0 amide bonds. The Balaban J connectivity index is 1.77. The molecule has 0 fully saturated rings. The van der Waals surface area contributed by atoms with E-state index in [1.165, 1.54) is 10.9 Å². The molecule has 134 valence electrons. The molecule has 0 saturated heterocycles. The standard InChI is InChI=1S/C19H20N4O3/c1-20-11-14-3-7-16(8-4-14)22-13-21-23(19(22)25)12-18(24)15-5-9-17(26-2)10-6-15/h3-10,13,20H,11-12H2,1-2H3. The second-order valence-electron chi connectivity index (χ2n) is 5.79. The maximum Gasteiger partial charge on any atom is 0.350 e. The summed E-state index contributed by atoms with van der Waals surface area (Å²) in [6.45, 7) is 0.640. The number of benzene rings is 2. The fourth-order valence-corrected chi connectivity index (χ4v) is 2.61. The van der Waals surface area contributed by atoms with Crippen molar-refractivity contribution >= 4 is 5.78 Å². The fraction of sp³-hybridized carbons (Fsp3) is 0.211. The first-order valence-electron chi connectivity index (χ1n) is 8.18. The van der Waals surface area contributed by atoms with Gasteiger partial charge in [-0.15, -0.1) is 0 Å². The molecule has 0 atom stereocenters. The van der Waals surface area contributed by atoms with Crippen molar-refractivity contribution in [1.82, 2.24) is 19.7 Å². The van der Waals surface area contributed by atoms with E-state index in [0.717, 1.165) is 16.8 Å². The van der Waals surface area contributed by atoms with Crippen LogP contribution in [0.15, 0.2) is 59.7 Å². The predicted octanol–water partition coefficient (Wildman–Crippen LogP) is 1.64. The van der Waals surface area contributed by atoms with Gasteiger partial charge in [-0.1, -0.05) is 12.1 Å². The van der Waals surface area contributed by atoms with Crippen molar-refractivity contribution in [2.75, 3.05) is 14.2 Å². The summed E-state index contributed by atoms with van der Waals surface area (Å²) in [5.74, 6) is 0.481. The monoisotopic (exact) mass is 352 g/mol. The van der Waals surface area contributed by atoms with Gasteiger partial charge in [0.2, 0.25) is 0 Å². The molecule has 7 nitrogen and oxygen atoms in total. The molecular formula is C19H20N4O3. The lowest BCUT2D eigenvalue weighted by molar-refractivity contribution is 0.0966. The summed E-state index contributed by atoms with van der Waals surface area (Å²) in [5.41, 5.74) is 1.97. The molecule has 1 heterocycles. The Morgan fingerprint density at radius 3 is 2.42 bits per heavy atom. The molecule has 0 saturated carbocycles. The van der Waals surface area contributed by atoms with Crippen molar-refractivity contribution in [3.63, 3.8) is 0 Å². The Morgan fingerprint density at radius 2 is 1.81 bits per heavy atom. The van der Waals surface area contributed by atoms with Crippen LogP contribution in [0.4, 0.5) is 0 Å². The molecule has 3 aromatic rings. The van der Waals surface area contributed by atoms with Crippen molar-refractivity contribution in [2.45, 2.75) is 13.1 Å². The molecule has 7 heteroatoms. The number of hydrogen-bond donors (Lipinski definition) is 1. The number of nitrogens with zero attached hydrogens (tertiary/aromatic N) is 3. The zero-order chi connectivity index (χ0) is 18.5. The third kappa shape index (κ3) is 3.73. The van der Waals surface area contributed by atoms with E-state index in [9.17, 15) is 9.59 Å². The average molecular weight is 352 g/mol. The van der Waals surface area contributed by atoms with Gasteiger partial charge >= 0.3 is 5.69 Å². The van der Waals surface area contributed by atoms with Crippen LogP contribution in [-0.4, -0.2) is 34.3 Å². The van der Waals surface area contributed by atoms with Crippen LogP contribution >= 0.6 is 0 Å². The van der Waals surface area contributed by atoms with Crippen LogP contribution < -0.4 is 15.7 Å². The van der Waals surface area contributed by atoms with Gasteiger partial charge in [0.05, 0.1) is 12.8 Å². The molecule has 0 bridgehead atoms. The summed E-state index contributed by atoms with van der Waals surface area (Å²) >= 11 is 0. The number of aromatic nitrogens is 3. The normalized spacial score (nSPS) is 10.7. The average Bonchev–Trinajstić information content (AvgIpc) is 3.03. The molecule has 0 aliphatic rings. The topological polar surface area (TPSA) is 78.2 Å². The Kier molecular flexibility index (Phi) is 5.28. The van der Waals surface area contributed by atoms with Gasteiger partial charge in [-0.05, 0) is 49.0 Å². The molecule has 1 aromatic heterocycles. The van der Waals surface area contributed by atoms with Crippen molar-refractivity contribution in [3.05, 3.63) is 76.5 Å². The van der Waals surface area contributed by atoms with Crippen molar-refractivity contribution in [1.29, 1.82) is 0 Å². The zero-order valence-electron chi connectivity index (χ0n) is 14.7. The second-order valence-corrected chi connectivity index (χ2v) is 5.79. The van der Waals surface area contributed by atoms with E-state index in [1.807, 2.05) is 31.3 Å². The zero-order valence-corrected chi connectivity index (χ0v) is 14.7. The van der Waals surface area contributed by atoms with Crippen molar-refractivity contribution in [3.8, 4) is 11.4 Å². The highest BCUT2D eigenvalue weighted by Crippen LogP contribution is 2.12. The highest BCUT2D eigenvalue weighted by Gasteiger charge is 2.12. The first-order valence-corrected chi connectivity index (χ1v) is 8.18. The van der Waals surface area contributed by atoms with Crippen molar-refractivity contribution in [2.24, 2.45) is 0 Å². The van der Waals surface area contributed by atoms with E-state index in [2.05, 4.69) is 10.4 Å². The van der Waals surface area contributed by atoms with E-state index < -0.39 is 0 Å². The molecule has 3 rings (SSSR count). The molecule has 0 aliphatic heterocycles. The fourth-order valence-electron chi connectivity index (χ4n) is 2.61. The van der Waals surface area contributed by atoms with Gasteiger partial charge in [0.1, 0.15) is 18.6 Å². The van der Waals surface area contributed by atoms with Gasteiger partial charge in [0.15, 0.2) is 5.78 Å². The van der Waals surface area contributed by atoms with Crippen LogP contribution in [0.2, 0.25) is 0 Å². The van der Waals surface area contributed by atoms with Crippen LogP contribution in [0, 0.1) is 0 Å². The van der Waals surface area contributed by atoms with Crippen LogP contribution in [0.1, 0.15) is 15.9 Å². The highest BCUT2D eigenvalue weighted by molar-refractivity contribution is 5.95. The number of methoxy groups -OCH3 is 1. The summed E-state index contributed by atoms with van der Waals surface area (Å²) in [6.07, 6.45) is 1.43. The van der Waals surface area contributed by atoms with Crippen molar-refractivity contribution < 1.29 is 9.53 Å². The lowest BCUT2D eigenvalue weighted by Gasteiger charge is -2.04. The van der Waals surface area contributed by atoms with Crippen LogP contribution in [0.3, 0.4) is 0 Å².